The lowest BCUT2D eigenvalue weighted by molar-refractivity contribution is -0.0642. The molecule has 3 nitrogen and oxygen atoms in total. The van der Waals surface area contributed by atoms with Gasteiger partial charge in [0.15, 0.2) is 0 Å². The van der Waals surface area contributed by atoms with Crippen LogP contribution in [0, 0.1) is 5.92 Å². The third-order valence-electron chi connectivity index (χ3n) is 3.25. The first-order valence-corrected chi connectivity index (χ1v) is 6.13. The summed E-state index contributed by atoms with van der Waals surface area (Å²) in [6.07, 6.45) is 2.84. The maximum absolute atomic E-state index is 5.63. The molecule has 0 aromatic heterocycles. The van der Waals surface area contributed by atoms with E-state index < -0.39 is 0 Å². The van der Waals surface area contributed by atoms with Gasteiger partial charge in [-0.05, 0) is 5.92 Å². The predicted molar refractivity (Wildman–Crippen MR) is 62.1 cm³/mol. The average Bonchev–Trinajstić information content (AvgIpc) is 2.27. The van der Waals surface area contributed by atoms with Crippen molar-refractivity contribution in [2.75, 3.05) is 40.0 Å². The standard InChI is InChI=1S/C12H25NO2/c1-4-11(5-2)8-13-6-7-15-12(9-13)10-14-3/h11-12H,4-10H2,1-3H3. The number of hydrogen-bond acceptors (Lipinski definition) is 3. The lowest BCUT2D eigenvalue weighted by atomic mass is 10.0. The summed E-state index contributed by atoms with van der Waals surface area (Å²) in [6.45, 7) is 9.47. The molecular formula is C12H25NO2. The van der Waals surface area contributed by atoms with E-state index in [4.69, 9.17) is 9.47 Å². The maximum atomic E-state index is 5.63. The number of hydrogen-bond donors (Lipinski definition) is 0. The Kier molecular flexibility index (Phi) is 6.22. The first-order valence-electron chi connectivity index (χ1n) is 6.13. The van der Waals surface area contributed by atoms with Crippen LogP contribution in [0.25, 0.3) is 0 Å². The van der Waals surface area contributed by atoms with E-state index in [0.717, 1.165) is 32.2 Å². The predicted octanol–water partition coefficient (Wildman–Crippen LogP) is 1.77. The molecule has 0 radical (unpaired) electrons. The minimum absolute atomic E-state index is 0.276. The van der Waals surface area contributed by atoms with Gasteiger partial charge in [0.25, 0.3) is 0 Å². The van der Waals surface area contributed by atoms with Crippen molar-refractivity contribution in [3.63, 3.8) is 0 Å². The van der Waals surface area contributed by atoms with Crippen LogP contribution < -0.4 is 0 Å². The van der Waals surface area contributed by atoms with Crippen molar-refractivity contribution in [3.8, 4) is 0 Å². The Hall–Kier alpha value is -0.120. The molecule has 1 aliphatic rings. The molecule has 0 saturated carbocycles. The normalized spacial score (nSPS) is 23.6. The zero-order chi connectivity index (χ0) is 11.1. The molecule has 0 bridgehead atoms. The van der Waals surface area contributed by atoms with Crippen LogP contribution in [0.4, 0.5) is 0 Å². The summed E-state index contributed by atoms with van der Waals surface area (Å²) < 4.78 is 10.8. The fourth-order valence-electron chi connectivity index (χ4n) is 2.15. The van der Waals surface area contributed by atoms with E-state index in [-0.39, 0.29) is 6.10 Å². The van der Waals surface area contributed by atoms with Crippen LogP contribution in [0.5, 0.6) is 0 Å². The van der Waals surface area contributed by atoms with E-state index >= 15 is 0 Å². The highest BCUT2D eigenvalue weighted by molar-refractivity contribution is 4.73. The SMILES string of the molecule is CCC(CC)CN1CCOC(COC)C1. The molecule has 1 heterocycles. The number of ether oxygens (including phenoxy) is 2. The molecule has 1 unspecified atom stereocenters. The highest BCUT2D eigenvalue weighted by atomic mass is 16.5. The van der Waals surface area contributed by atoms with Gasteiger partial charge in [0, 0.05) is 26.7 Å². The quantitative estimate of drug-likeness (QED) is 0.674. The van der Waals surface area contributed by atoms with E-state index in [1.54, 1.807) is 7.11 Å². The van der Waals surface area contributed by atoms with Crippen molar-refractivity contribution < 1.29 is 9.47 Å². The van der Waals surface area contributed by atoms with Gasteiger partial charge in [-0.1, -0.05) is 26.7 Å². The third kappa shape index (κ3) is 4.49. The number of rotatable bonds is 6. The van der Waals surface area contributed by atoms with Crippen LogP contribution in [-0.4, -0.2) is 51.0 Å². The van der Waals surface area contributed by atoms with Crippen LogP contribution >= 0.6 is 0 Å². The Balaban J connectivity index is 2.28. The summed E-state index contributed by atoms with van der Waals surface area (Å²) in [7, 11) is 1.74. The van der Waals surface area contributed by atoms with Gasteiger partial charge in [-0.2, -0.15) is 0 Å². The van der Waals surface area contributed by atoms with Gasteiger partial charge in [-0.3, -0.25) is 4.90 Å². The third-order valence-corrected chi connectivity index (χ3v) is 3.25. The largest absolute Gasteiger partial charge is 0.382 e. The molecule has 0 aromatic rings. The number of nitrogens with zero attached hydrogens (tertiary/aromatic N) is 1. The van der Waals surface area contributed by atoms with E-state index in [9.17, 15) is 0 Å². The van der Waals surface area contributed by atoms with Crippen molar-refractivity contribution in [1.29, 1.82) is 0 Å². The topological polar surface area (TPSA) is 21.7 Å². The Morgan fingerprint density at radius 1 is 1.40 bits per heavy atom. The molecule has 3 heteroatoms. The Labute approximate surface area is 93.7 Å². The average molecular weight is 215 g/mol. The van der Waals surface area contributed by atoms with E-state index in [0.29, 0.717) is 0 Å². The van der Waals surface area contributed by atoms with Crippen LogP contribution in [0.15, 0.2) is 0 Å². The molecule has 1 aliphatic heterocycles. The second kappa shape index (κ2) is 7.20. The lowest BCUT2D eigenvalue weighted by Gasteiger charge is -2.34. The van der Waals surface area contributed by atoms with Crippen molar-refractivity contribution in [2.45, 2.75) is 32.8 Å². The molecule has 1 rings (SSSR count). The zero-order valence-electron chi connectivity index (χ0n) is 10.4. The highest BCUT2D eigenvalue weighted by Crippen LogP contribution is 2.13. The lowest BCUT2D eigenvalue weighted by Crippen LogP contribution is -2.45. The summed E-state index contributed by atoms with van der Waals surface area (Å²) in [5.41, 5.74) is 0. The molecule has 1 fully saturated rings. The van der Waals surface area contributed by atoms with Crippen molar-refractivity contribution >= 4 is 0 Å². The number of methoxy groups -OCH3 is 1. The van der Waals surface area contributed by atoms with Crippen molar-refractivity contribution in [3.05, 3.63) is 0 Å². The summed E-state index contributed by atoms with van der Waals surface area (Å²) in [4.78, 5) is 2.52. The summed E-state index contributed by atoms with van der Waals surface area (Å²) in [5.74, 6) is 0.839. The molecule has 0 aromatic carbocycles. The molecule has 0 N–H and O–H groups in total. The first-order chi connectivity index (χ1) is 7.30. The first kappa shape index (κ1) is 12.9. The van der Waals surface area contributed by atoms with Gasteiger partial charge < -0.3 is 9.47 Å². The molecule has 0 spiro atoms. The van der Waals surface area contributed by atoms with Gasteiger partial charge in [-0.15, -0.1) is 0 Å². The Bertz CT molecular complexity index is 158. The number of morpholine rings is 1. The molecular weight excluding hydrogens is 190 g/mol. The molecule has 1 saturated heterocycles. The molecule has 1 atom stereocenters. The molecule has 15 heavy (non-hydrogen) atoms. The van der Waals surface area contributed by atoms with Crippen LogP contribution in [0.1, 0.15) is 26.7 Å². The van der Waals surface area contributed by atoms with E-state index in [1.165, 1.54) is 19.4 Å². The van der Waals surface area contributed by atoms with Crippen LogP contribution in [-0.2, 0) is 9.47 Å². The van der Waals surface area contributed by atoms with E-state index in [1.807, 2.05) is 0 Å². The second-order valence-corrected chi connectivity index (χ2v) is 4.39. The van der Waals surface area contributed by atoms with Crippen LogP contribution in [0.2, 0.25) is 0 Å². The van der Waals surface area contributed by atoms with Gasteiger partial charge >= 0.3 is 0 Å². The fraction of sp³-hybridized carbons (Fsp3) is 1.00. The minimum atomic E-state index is 0.276. The Morgan fingerprint density at radius 2 is 2.13 bits per heavy atom. The van der Waals surface area contributed by atoms with Gasteiger partial charge in [-0.25, -0.2) is 0 Å². The van der Waals surface area contributed by atoms with Gasteiger partial charge in [0.2, 0.25) is 0 Å². The van der Waals surface area contributed by atoms with Crippen molar-refractivity contribution in [1.82, 2.24) is 4.90 Å². The summed E-state index contributed by atoms with van der Waals surface area (Å²) in [6, 6.07) is 0. The minimum Gasteiger partial charge on any atom is -0.382 e. The smallest absolute Gasteiger partial charge is 0.0935 e. The van der Waals surface area contributed by atoms with Gasteiger partial charge in [0.1, 0.15) is 0 Å². The maximum Gasteiger partial charge on any atom is 0.0935 e. The monoisotopic (exact) mass is 215 g/mol. The molecule has 0 amide bonds. The van der Waals surface area contributed by atoms with Crippen LogP contribution in [0.3, 0.4) is 0 Å². The van der Waals surface area contributed by atoms with Crippen molar-refractivity contribution in [2.24, 2.45) is 5.92 Å². The highest BCUT2D eigenvalue weighted by Gasteiger charge is 2.21. The second-order valence-electron chi connectivity index (χ2n) is 4.39. The Morgan fingerprint density at radius 3 is 2.73 bits per heavy atom. The molecule has 0 aliphatic carbocycles. The zero-order valence-corrected chi connectivity index (χ0v) is 10.4. The fourth-order valence-corrected chi connectivity index (χ4v) is 2.15. The van der Waals surface area contributed by atoms with E-state index in [2.05, 4.69) is 18.7 Å². The summed E-state index contributed by atoms with van der Waals surface area (Å²) in [5, 5.41) is 0. The summed E-state index contributed by atoms with van der Waals surface area (Å²) >= 11 is 0. The van der Waals surface area contributed by atoms with Gasteiger partial charge in [0.05, 0.1) is 19.3 Å². The molecule has 90 valence electrons.